The Morgan fingerprint density at radius 3 is 2.48 bits per heavy atom. The summed E-state index contributed by atoms with van der Waals surface area (Å²) in [7, 11) is -3.73. The van der Waals surface area contributed by atoms with Crippen LogP contribution in [0.5, 0.6) is 0 Å². The average molecular weight is 415 g/mol. The summed E-state index contributed by atoms with van der Waals surface area (Å²) in [6.07, 6.45) is 1.10. The molecule has 0 amide bonds. The van der Waals surface area contributed by atoms with E-state index in [1.807, 2.05) is 11.8 Å². The second-order valence-corrected chi connectivity index (χ2v) is 8.01. The van der Waals surface area contributed by atoms with Crippen LogP contribution in [-0.2, 0) is 14.8 Å². The van der Waals surface area contributed by atoms with Crippen LogP contribution in [0.25, 0.3) is 0 Å². The monoisotopic (exact) mass is 414 g/mol. The quantitative estimate of drug-likeness (QED) is 0.773. The number of nitrogens with zero attached hydrogens (tertiary/aromatic N) is 2. The van der Waals surface area contributed by atoms with Crippen molar-refractivity contribution in [2.24, 2.45) is 0 Å². The third-order valence-corrected chi connectivity index (χ3v) is 6.40. The van der Waals surface area contributed by atoms with Crippen molar-refractivity contribution in [2.75, 3.05) is 26.2 Å². The topological polar surface area (TPSA) is 77.9 Å². The lowest BCUT2D eigenvalue weighted by atomic mass is 10.0. The fourth-order valence-corrected chi connectivity index (χ4v) is 4.65. The number of halogens is 3. The molecule has 2 rings (SSSR count). The molecule has 0 radical (unpaired) electrons. The van der Waals surface area contributed by atoms with Gasteiger partial charge in [0.25, 0.3) is 0 Å². The molecule has 1 aliphatic rings. The van der Waals surface area contributed by atoms with Gasteiger partial charge < -0.3 is 5.11 Å². The lowest BCUT2D eigenvalue weighted by Gasteiger charge is -2.36. The number of hydrogen-bond acceptors (Lipinski definition) is 4. The Morgan fingerprint density at radius 2 is 2.00 bits per heavy atom. The van der Waals surface area contributed by atoms with Crippen LogP contribution in [0.4, 0.5) is 4.39 Å². The van der Waals surface area contributed by atoms with Gasteiger partial charge in [-0.1, -0.05) is 18.5 Å². The van der Waals surface area contributed by atoms with E-state index >= 15 is 0 Å². The van der Waals surface area contributed by atoms with Gasteiger partial charge in [0.15, 0.2) is 0 Å². The van der Waals surface area contributed by atoms with Crippen LogP contribution in [0.3, 0.4) is 0 Å². The Kier molecular flexibility index (Phi) is 8.08. The van der Waals surface area contributed by atoms with Crippen molar-refractivity contribution in [3.05, 3.63) is 29.0 Å². The SMILES string of the molecule is CCN(CC(=O)O)C1CCN(S(=O)(=O)c2ccc(F)c(Cl)c2)CC1.Cl. The van der Waals surface area contributed by atoms with Crippen LogP contribution < -0.4 is 0 Å². The first kappa shape index (κ1) is 22.1. The van der Waals surface area contributed by atoms with Gasteiger partial charge in [0.05, 0.1) is 16.5 Å². The molecule has 1 fully saturated rings. The first-order valence-corrected chi connectivity index (χ1v) is 9.48. The maximum atomic E-state index is 13.2. The van der Waals surface area contributed by atoms with Crippen molar-refractivity contribution in [2.45, 2.75) is 30.7 Å². The van der Waals surface area contributed by atoms with Crippen LogP contribution in [0, 0.1) is 5.82 Å². The van der Waals surface area contributed by atoms with Crippen molar-refractivity contribution in [3.63, 3.8) is 0 Å². The zero-order valence-electron chi connectivity index (χ0n) is 13.7. The van der Waals surface area contributed by atoms with Crippen LogP contribution in [0.1, 0.15) is 19.8 Å². The molecule has 6 nitrogen and oxygen atoms in total. The fourth-order valence-electron chi connectivity index (χ4n) is 2.91. The van der Waals surface area contributed by atoms with Gasteiger partial charge in [-0.25, -0.2) is 12.8 Å². The normalized spacial score (nSPS) is 16.6. The standard InChI is InChI=1S/C15H20ClFN2O4S.ClH/c1-2-18(10-15(20)21)11-5-7-19(8-6-11)24(22,23)12-3-4-14(17)13(16)9-12;/h3-4,9,11H,2,5-8,10H2,1H3,(H,20,21);1H. The van der Waals surface area contributed by atoms with Crippen LogP contribution >= 0.6 is 24.0 Å². The number of benzene rings is 1. The van der Waals surface area contributed by atoms with Gasteiger partial charge in [0.1, 0.15) is 5.82 Å². The lowest BCUT2D eigenvalue weighted by Crippen LogP contribution is -2.48. The minimum absolute atomic E-state index is 0. The Bertz CT molecular complexity index is 709. The summed E-state index contributed by atoms with van der Waals surface area (Å²) >= 11 is 5.67. The highest BCUT2D eigenvalue weighted by Crippen LogP contribution is 2.26. The van der Waals surface area contributed by atoms with E-state index in [9.17, 15) is 17.6 Å². The Hall–Kier alpha value is -0.930. The molecule has 0 atom stereocenters. The number of carboxylic acid groups (broad SMARTS) is 1. The van der Waals surface area contributed by atoms with Gasteiger partial charge in [0.2, 0.25) is 10.0 Å². The number of likely N-dealkylation sites (N-methyl/N-ethyl adjacent to an activating group) is 1. The summed E-state index contributed by atoms with van der Waals surface area (Å²) < 4.78 is 39.8. The Balaban J connectivity index is 0.00000312. The summed E-state index contributed by atoms with van der Waals surface area (Å²) in [6, 6.07) is 3.38. The molecule has 10 heteroatoms. The molecule has 1 aliphatic heterocycles. The van der Waals surface area contributed by atoms with E-state index in [-0.39, 0.29) is 48.0 Å². The van der Waals surface area contributed by atoms with Crippen molar-refractivity contribution in [1.29, 1.82) is 0 Å². The molecule has 0 saturated carbocycles. The van der Waals surface area contributed by atoms with E-state index in [0.29, 0.717) is 19.4 Å². The van der Waals surface area contributed by atoms with Crippen molar-refractivity contribution in [1.82, 2.24) is 9.21 Å². The molecule has 1 saturated heterocycles. The predicted molar refractivity (Wildman–Crippen MR) is 95.3 cm³/mol. The van der Waals surface area contributed by atoms with E-state index in [1.54, 1.807) is 0 Å². The highest BCUT2D eigenvalue weighted by molar-refractivity contribution is 7.89. The summed E-state index contributed by atoms with van der Waals surface area (Å²) in [5.41, 5.74) is 0. The minimum Gasteiger partial charge on any atom is -0.480 e. The van der Waals surface area contributed by atoms with Crippen LogP contribution in [-0.4, -0.2) is 60.9 Å². The van der Waals surface area contributed by atoms with E-state index < -0.39 is 21.8 Å². The zero-order chi connectivity index (χ0) is 17.9. The maximum absolute atomic E-state index is 13.2. The summed E-state index contributed by atoms with van der Waals surface area (Å²) in [5, 5.41) is 8.70. The molecule has 1 N–H and O–H groups in total. The molecule has 142 valence electrons. The second-order valence-electron chi connectivity index (χ2n) is 5.67. The number of rotatable bonds is 6. The summed E-state index contributed by atoms with van der Waals surface area (Å²) in [5.74, 6) is -1.56. The van der Waals surface area contributed by atoms with Crippen LogP contribution in [0.15, 0.2) is 23.1 Å². The Labute approximate surface area is 158 Å². The minimum atomic E-state index is -3.73. The molecule has 0 spiro atoms. The van der Waals surface area contributed by atoms with Gasteiger partial charge in [-0.2, -0.15) is 4.31 Å². The molecule has 25 heavy (non-hydrogen) atoms. The number of carbonyl (C=O) groups is 1. The molecular weight excluding hydrogens is 394 g/mol. The third kappa shape index (κ3) is 5.27. The molecule has 1 aromatic rings. The first-order chi connectivity index (χ1) is 11.3. The number of aliphatic carboxylic acids is 1. The van der Waals surface area contributed by atoms with Crippen molar-refractivity contribution >= 4 is 40.0 Å². The van der Waals surface area contributed by atoms with Crippen molar-refractivity contribution in [3.8, 4) is 0 Å². The number of carboxylic acids is 1. The fraction of sp³-hybridized carbons (Fsp3) is 0.533. The second kappa shape index (κ2) is 9.14. The molecule has 0 aliphatic carbocycles. The molecule has 0 aromatic heterocycles. The molecule has 1 aromatic carbocycles. The smallest absolute Gasteiger partial charge is 0.317 e. The number of sulfonamides is 1. The van der Waals surface area contributed by atoms with E-state index in [1.165, 1.54) is 10.4 Å². The van der Waals surface area contributed by atoms with Crippen molar-refractivity contribution < 1.29 is 22.7 Å². The van der Waals surface area contributed by atoms with E-state index in [4.69, 9.17) is 16.7 Å². The Morgan fingerprint density at radius 1 is 1.40 bits per heavy atom. The average Bonchev–Trinajstić information content (AvgIpc) is 2.55. The molecular formula is C15H21Cl2FN2O4S. The predicted octanol–water partition coefficient (Wildman–Crippen LogP) is 2.46. The largest absolute Gasteiger partial charge is 0.480 e. The van der Waals surface area contributed by atoms with Gasteiger partial charge in [-0.3, -0.25) is 9.69 Å². The highest BCUT2D eigenvalue weighted by Gasteiger charge is 2.32. The number of piperidine rings is 1. The van der Waals surface area contributed by atoms with Crippen LogP contribution in [0.2, 0.25) is 5.02 Å². The molecule has 0 unspecified atom stereocenters. The van der Waals surface area contributed by atoms with E-state index in [2.05, 4.69) is 0 Å². The summed E-state index contributed by atoms with van der Waals surface area (Å²) in [4.78, 5) is 12.7. The highest BCUT2D eigenvalue weighted by atomic mass is 35.5. The molecule has 0 bridgehead atoms. The van der Waals surface area contributed by atoms with E-state index in [0.717, 1.165) is 12.1 Å². The maximum Gasteiger partial charge on any atom is 0.317 e. The van der Waals surface area contributed by atoms with Gasteiger partial charge in [-0.05, 0) is 37.6 Å². The summed E-state index contributed by atoms with van der Waals surface area (Å²) in [6.45, 7) is 3.00. The zero-order valence-corrected chi connectivity index (χ0v) is 16.1. The lowest BCUT2D eigenvalue weighted by molar-refractivity contribution is -0.139. The van der Waals surface area contributed by atoms with Gasteiger partial charge in [0, 0.05) is 19.1 Å². The van der Waals surface area contributed by atoms with Gasteiger partial charge in [-0.15, -0.1) is 12.4 Å². The van der Waals surface area contributed by atoms with Gasteiger partial charge >= 0.3 is 5.97 Å². The first-order valence-electron chi connectivity index (χ1n) is 7.66. The third-order valence-electron chi connectivity index (χ3n) is 4.21. The molecule has 1 heterocycles. The number of hydrogen-bond donors (Lipinski definition) is 1.